The lowest BCUT2D eigenvalue weighted by molar-refractivity contribution is -0.122. The molecule has 5 nitrogen and oxygen atoms in total. The zero-order chi connectivity index (χ0) is 16.6. The van der Waals surface area contributed by atoms with Gasteiger partial charge in [0.25, 0.3) is 10.0 Å². The first-order chi connectivity index (χ1) is 10.9. The second-order valence-corrected chi connectivity index (χ2v) is 10.1. The van der Waals surface area contributed by atoms with Crippen LogP contribution in [0.2, 0.25) is 0 Å². The molecule has 0 spiro atoms. The van der Waals surface area contributed by atoms with Crippen molar-refractivity contribution in [3.05, 3.63) is 17.5 Å². The summed E-state index contributed by atoms with van der Waals surface area (Å²) >= 11 is 1.17. The zero-order valence-electron chi connectivity index (χ0n) is 13.6. The number of carbonyl (C=O) groups excluding carboxylic acids is 1. The maximum absolute atomic E-state index is 12.3. The number of nitrogens with zero attached hydrogens (tertiary/aromatic N) is 1. The summed E-state index contributed by atoms with van der Waals surface area (Å²) in [6.07, 6.45) is 5.12. The Morgan fingerprint density at radius 3 is 2.78 bits per heavy atom. The molecule has 0 saturated heterocycles. The van der Waals surface area contributed by atoms with Crippen LogP contribution < -0.4 is 5.32 Å². The molecule has 1 aromatic rings. The average Bonchev–Trinajstić information content (AvgIpc) is 3.23. The summed E-state index contributed by atoms with van der Waals surface area (Å²) in [5.41, 5.74) is 0. The SMILES string of the molecule is C[C@H](NC(=O)CN(C)S(=O)(=O)c1cccs1)[C@@H]1C[C@H]2CC[C@H]1C2. The van der Waals surface area contributed by atoms with Crippen LogP contribution in [0.4, 0.5) is 0 Å². The van der Waals surface area contributed by atoms with Gasteiger partial charge in [0.05, 0.1) is 6.54 Å². The first-order valence-corrected chi connectivity index (χ1v) is 10.5. The molecule has 0 aliphatic heterocycles. The Balaban J connectivity index is 1.55. The molecule has 1 heterocycles. The van der Waals surface area contributed by atoms with E-state index in [1.807, 2.05) is 0 Å². The minimum absolute atomic E-state index is 0.121. The summed E-state index contributed by atoms with van der Waals surface area (Å²) in [7, 11) is -2.11. The molecule has 0 unspecified atom stereocenters. The van der Waals surface area contributed by atoms with Crippen molar-refractivity contribution in [2.45, 2.75) is 42.9 Å². The van der Waals surface area contributed by atoms with Crippen molar-refractivity contribution in [3.63, 3.8) is 0 Å². The first kappa shape index (κ1) is 16.9. The fraction of sp³-hybridized carbons (Fsp3) is 0.688. The van der Waals surface area contributed by atoms with Crippen LogP contribution in [-0.4, -0.2) is 38.3 Å². The summed E-state index contributed by atoms with van der Waals surface area (Å²) < 4.78 is 26.1. The molecule has 2 aliphatic rings. The van der Waals surface area contributed by atoms with Gasteiger partial charge < -0.3 is 5.32 Å². The summed E-state index contributed by atoms with van der Waals surface area (Å²) in [5, 5.41) is 4.73. The Hall–Kier alpha value is -0.920. The molecule has 2 bridgehead atoms. The Labute approximate surface area is 142 Å². The lowest BCUT2D eigenvalue weighted by Gasteiger charge is -2.29. The van der Waals surface area contributed by atoms with Crippen molar-refractivity contribution >= 4 is 27.3 Å². The number of nitrogens with one attached hydrogen (secondary N) is 1. The van der Waals surface area contributed by atoms with Crippen molar-refractivity contribution < 1.29 is 13.2 Å². The number of rotatable bonds is 6. The van der Waals surface area contributed by atoms with Gasteiger partial charge in [-0.3, -0.25) is 4.79 Å². The predicted molar refractivity (Wildman–Crippen MR) is 90.7 cm³/mol. The van der Waals surface area contributed by atoms with E-state index in [1.165, 1.54) is 44.1 Å². The van der Waals surface area contributed by atoms with Gasteiger partial charge in [-0.25, -0.2) is 8.42 Å². The third kappa shape index (κ3) is 3.46. The highest BCUT2D eigenvalue weighted by atomic mass is 32.2. The number of sulfonamides is 1. The Kier molecular flexibility index (Phi) is 4.80. The van der Waals surface area contributed by atoms with E-state index in [0.29, 0.717) is 5.92 Å². The molecule has 2 saturated carbocycles. The monoisotopic (exact) mass is 356 g/mol. The van der Waals surface area contributed by atoms with Gasteiger partial charge in [-0.1, -0.05) is 12.5 Å². The number of carbonyl (C=O) groups is 1. The van der Waals surface area contributed by atoms with E-state index in [0.717, 1.165) is 16.1 Å². The van der Waals surface area contributed by atoms with Crippen LogP contribution in [-0.2, 0) is 14.8 Å². The molecule has 1 amide bonds. The lowest BCUT2D eigenvalue weighted by atomic mass is 9.84. The normalized spacial score (nSPS) is 28.2. The summed E-state index contributed by atoms with van der Waals surface area (Å²) in [6.45, 7) is 1.92. The van der Waals surface area contributed by atoms with Gasteiger partial charge >= 0.3 is 0 Å². The van der Waals surface area contributed by atoms with Gasteiger partial charge in [0.2, 0.25) is 5.91 Å². The van der Waals surface area contributed by atoms with Gasteiger partial charge in [-0.15, -0.1) is 11.3 Å². The van der Waals surface area contributed by atoms with Crippen molar-refractivity contribution in [3.8, 4) is 0 Å². The Morgan fingerprint density at radius 2 is 2.22 bits per heavy atom. The van der Waals surface area contributed by atoms with Crippen LogP contribution >= 0.6 is 11.3 Å². The first-order valence-electron chi connectivity index (χ1n) is 8.17. The number of thiophene rings is 1. The third-order valence-electron chi connectivity index (χ3n) is 5.35. The lowest BCUT2D eigenvalue weighted by Crippen LogP contribution is -2.45. The maximum atomic E-state index is 12.3. The fourth-order valence-corrected chi connectivity index (χ4v) is 6.49. The van der Waals surface area contributed by atoms with Crippen LogP contribution in [0.5, 0.6) is 0 Å². The molecular weight excluding hydrogens is 332 g/mol. The molecule has 4 atom stereocenters. The highest BCUT2D eigenvalue weighted by molar-refractivity contribution is 7.91. The van der Waals surface area contributed by atoms with Crippen LogP contribution in [0.25, 0.3) is 0 Å². The highest BCUT2D eigenvalue weighted by Crippen LogP contribution is 2.49. The molecular formula is C16H24N2O3S2. The Morgan fingerprint density at radius 1 is 1.43 bits per heavy atom. The van der Waals surface area contributed by atoms with E-state index < -0.39 is 10.0 Å². The number of likely N-dealkylation sites (N-methyl/N-ethyl adjacent to an activating group) is 1. The molecule has 0 aromatic carbocycles. The van der Waals surface area contributed by atoms with Gasteiger partial charge in [-0.2, -0.15) is 4.31 Å². The van der Waals surface area contributed by atoms with Gasteiger partial charge in [0.1, 0.15) is 4.21 Å². The summed E-state index contributed by atoms with van der Waals surface area (Å²) in [5.74, 6) is 1.91. The Bertz CT molecular complexity index is 657. The molecule has 23 heavy (non-hydrogen) atoms. The van der Waals surface area contributed by atoms with Crippen LogP contribution in [0.15, 0.2) is 21.7 Å². The van der Waals surface area contributed by atoms with E-state index in [-0.39, 0.29) is 22.7 Å². The van der Waals surface area contributed by atoms with Crippen molar-refractivity contribution in [1.29, 1.82) is 0 Å². The van der Waals surface area contributed by atoms with E-state index in [2.05, 4.69) is 12.2 Å². The van der Waals surface area contributed by atoms with Crippen molar-refractivity contribution in [2.24, 2.45) is 17.8 Å². The number of hydrogen-bond acceptors (Lipinski definition) is 4. The quantitative estimate of drug-likeness (QED) is 0.850. The topological polar surface area (TPSA) is 66.5 Å². The van der Waals surface area contributed by atoms with Gasteiger partial charge in [0.15, 0.2) is 0 Å². The smallest absolute Gasteiger partial charge is 0.252 e. The second kappa shape index (κ2) is 6.53. The predicted octanol–water partition coefficient (Wildman–Crippen LogP) is 2.31. The third-order valence-corrected chi connectivity index (χ3v) is 8.53. The zero-order valence-corrected chi connectivity index (χ0v) is 15.2. The molecule has 2 aliphatic carbocycles. The minimum Gasteiger partial charge on any atom is -0.352 e. The molecule has 0 radical (unpaired) electrons. The van der Waals surface area contributed by atoms with Crippen molar-refractivity contribution in [2.75, 3.05) is 13.6 Å². The summed E-state index contributed by atoms with van der Waals surface area (Å²) in [6, 6.07) is 3.38. The van der Waals surface area contributed by atoms with E-state index in [1.54, 1.807) is 17.5 Å². The molecule has 1 aromatic heterocycles. The molecule has 2 fully saturated rings. The maximum Gasteiger partial charge on any atom is 0.252 e. The van der Waals surface area contributed by atoms with Crippen molar-refractivity contribution in [1.82, 2.24) is 9.62 Å². The van der Waals surface area contributed by atoms with Crippen LogP contribution in [0, 0.1) is 17.8 Å². The second-order valence-electron chi connectivity index (χ2n) is 6.89. The van der Waals surface area contributed by atoms with Crippen LogP contribution in [0.3, 0.4) is 0 Å². The minimum atomic E-state index is -3.56. The molecule has 1 N–H and O–H groups in total. The van der Waals surface area contributed by atoms with Gasteiger partial charge in [-0.05, 0) is 55.4 Å². The van der Waals surface area contributed by atoms with E-state index in [9.17, 15) is 13.2 Å². The van der Waals surface area contributed by atoms with Gasteiger partial charge in [0, 0.05) is 13.1 Å². The molecule has 3 rings (SSSR count). The average molecular weight is 357 g/mol. The highest BCUT2D eigenvalue weighted by Gasteiger charge is 2.42. The summed E-state index contributed by atoms with van der Waals surface area (Å²) in [4.78, 5) is 12.2. The van der Waals surface area contributed by atoms with Crippen LogP contribution in [0.1, 0.15) is 32.6 Å². The number of hydrogen-bond donors (Lipinski definition) is 1. The number of amides is 1. The molecule has 128 valence electrons. The molecule has 7 heteroatoms. The van der Waals surface area contributed by atoms with E-state index >= 15 is 0 Å². The number of fused-ring (bicyclic) bond motifs is 2. The standard InChI is InChI=1S/C16H24N2O3S2/c1-11(14-9-12-5-6-13(14)8-12)17-15(19)10-18(2)23(20,21)16-4-3-7-22-16/h3-4,7,11-14H,5-6,8-10H2,1-2H3,(H,17,19)/t11-,12-,13-,14-/m0/s1. The van der Waals surface area contributed by atoms with E-state index in [4.69, 9.17) is 0 Å². The largest absolute Gasteiger partial charge is 0.352 e. The fourth-order valence-electron chi connectivity index (χ4n) is 4.16.